The van der Waals surface area contributed by atoms with Gasteiger partial charge in [-0.3, -0.25) is 0 Å². The number of aliphatic hydroxyl groups excluding tert-OH is 1. The Morgan fingerprint density at radius 3 is 2.50 bits per heavy atom. The van der Waals surface area contributed by atoms with Crippen LogP contribution in [0, 0.1) is 0 Å². The summed E-state index contributed by atoms with van der Waals surface area (Å²) >= 11 is 0. The first-order valence-electron chi connectivity index (χ1n) is 4.06. The van der Waals surface area contributed by atoms with E-state index in [0.717, 1.165) is 0 Å². The predicted octanol–water partition coefficient (Wildman–Crippen LogP) is -0.204. The Labute approximate surface area is 72.4 Å². The minimum Gasteiger partial charge on any atom is -0.387 e. The summed E-state index contributed by atoms with van der Waals surface area (Å²) in [6, 6.07) is 0. The summed E-state index contributed by atoms with van der Waals surface area (Å²) in [4.78, 5) is 0. The molecule has 0 aromatic heterocycles. The Morgan fingerprint density at radius 1 is 1.33 bits per heavy atom. The van der Waals surface area contributed by atoms with Gasteiger partial charge in [-0.05, 0) is 6.92 Å². The van der Waals surface area contributed by atoms with Crippen molar-refractivity contribution in [1.29, 1.82) is 0 Å². The van der Waals surface area contributed by atoms with Crippen molar-refractivity contribution in [2.45, 2.75) is 31.3 Å². The van der Waals surface area contributed by atoms with Crippen molar-refractivity contribution >= 4 is 0 Å². The van der Waals surface area contributed by atoms with Gasteiger partial charge in [0.2, 0.25) is 0 Å². The minimum absolute atomic E-state index is 0.0728. The summed E-state index contributed by atoms with van der Waals surface area (Å²) < 4.78 is 15.5. The molecule has 0 spiro atoms. The molecule has 4 nitrogen and oxygen atoms in total. The SMILES string of the molecule is COC1COC(C)C(OC)C1O. The molecule has 1 aliphatic rings. The van der Waals surface area contributed by atoms with Gasteiger partial charge in [0.15, 0.2) is 0 Å². The third-order valence-corrected chi connectivity index (χ3v) is 2.28. The Balaban J connectivity index is 2.56. The van der Waals surface area contributed by atoms with E-state index in [1.807, 2.05) is 6.92 Å². The van der Waals surface area contributed by atoms with Gasteiger partial charge in [0.05, 0.1) is 12.7 Å². The number of methoxy groups -OCH3 is 2. The van der Waals surface area contributed by atoms with Crippen LogP contribution in [0.4, 0.5) is 0 Å². The molecule has 1 saturated heterocycles. The van der Waals surface area contributed by atoms with Crippen LogP contribution in [0.2, 0.25) is 0 Å². The van der Waals surface area contributed by atoms with Crippen LogP contribution in [-0.2, 0) is 14.2 Å². The van der Waals surface area contributed by atoms with Crippen LogP contribution < -0.4 is 0 Å². The largest absolute Gasteiger partial charge is 0.387 e. The highest BCUT2D eigenvalue weighted by Gasteiger charge is 2.37. The number of hydrogen-bond donors (Lipinski definition) is 1. The fraction of sp³-hybridized carbons (Fsp3) is 1.00. The number of hydrogen-bond acceptors (Lipinski definition) is 4. The normalized spacial score (nSPS) is 43.0. The van der Waals surface area contributed by atoms with E-state index >= 15 is 0 Å². The zero-order chi connectivity index (χ0) is 9.14. The van der Waals surface area contributed by atoms with Crippen molar-refractivity contribution in [2.24, 2.45) is 0 Å². The maximum Gasteiger partial charge on any atom is 0.111 e. The van der Waals surface area contributed by atoms with E-state index in [1.54, 1.807) is 14.2 Å². The first kappa shape index (κ1) is 9.92. The lowest BCUT2D eigenvalue weighted by atomic mass is 10.0. The third kappa shape index (κ3) is 1.77. The van der Waals surface area contributed by atoms with E-state index in [4.69, 9.17) is 14.2 Å². The summed E-state index contributed by atoms with van der Waals surface area (Å²) in [6.07, 6.45) is -1.23. The average Bonchev–Trinajstić information content (AvgIpc) is 2.06. The molecule has 0 aromatic carbocycles. The van der Waals surface area contributed by atoms with Crippen LogP contribution in [0.5, 0.6) is 0 Å². The topological polar surface area (TPSA) is 47.9 Å². The second-order valence-corrected chi connectivity index (χ2v) is 3.00. The molecule has 1 aliphatic heterocycles. The van der Waals surface area contributed by atoms with E-state index in [-0.39, 0.29) is 18.3 Å². The zero-order valence-corrected chi connectivity index (χ0v) is 7.69. The van der Waals surface area contributed by atoms with Gasteiger partial charge in [0.1, 0.15) is 18.3 Å². The van der Waals surface area contributed by atoms with Crippen molar-refractivity contribution in [3.63, 3.8) is 0 Å². The standard InChI is InChI=1S/C8H16O4/c1-5-8(11-3)7(9)6(10-2)4-12-5/h5-9H,4H2,1-3H3. The van der Waals surface area contributed by atoms with Gasteiger partial charge >= 0.3 is 0 Å². The van der Waals surface area contributed by atoms with Gasteiger partial charge in [0.25, 0.3) is 0 Å². The van der Waals surface area contributed by atoms with Gasteiger partial charge in [-0.2, -0.15) is 0 Å². The van der Waals surface area contributed by atoms with Crippen LogP contribution in [0.15, 0.2) is 0 Å². The highest BCUT2D eigenvalue weighted by molar-refractivity contribution is 4.86. The van der Waals surface area contributed by atoms with Gasteiger partial charge in [-0.25, -0.2) is 0 Å². The van der Waals surface area contributed by atoms with Gasteiger partial charge < -0.3 is 19.3 Å². The fourth-order valence-electron chi connectivity index (χ4n) is 1.47. The first-order valence-corrected chi connectivity index (χ1v) is 4.06. The summed E-state index contributed by atoms with van der Waals surface area (Å²) in [7, 11) is 3.12. The maximum atomic E-state index is 9.67. The Hall–Kier alpha value is -0.160. The van der Waals surface area contributed by atoms with Gasteiger partial charge in [-0.15, -0.1) is 0 Å². The van der Waals surface area contributed by atoms with Gasteiger partial charge in [0, 0.05) is 14.2 Å². The third-order valence-electron chi connectivity index (χ3n) is 2.28. The molecule has 4 unspecified atom stereocenters. The lowest BCUT2D eigenvalue weighted by molar-refractivity contribution is -0.198. The van der Waals surface area contributed by atoms with Crippen LogP contribution in [0.25, 0.3) is 0 Å². The van der Waals surface area contributed by atoms with Crippen LogP contribution in [-0.4, -0.2) is 50.3 Å². The number of aliphatic hydroxyl groups is 1. The van der Waals surface area contributed by atoms with E-state index in [0.29, 0.717) is 6.61 Å². The Kier molecular flexibility index (Phi) is 3.46. The Bertz CT molecular complexity index is 139. The second kappa shape index (κ2) is 4.18. The quantitative estimate of drug-likeness (QED) is 0.632. The zero-order valence-electron chi connectivity index (χ0n) is 7.69. The van der Waals surface area contributed by atoms with Crippen LogP contribution >= 0.6 is 0 Å². The molecule has 0 radical (unpaired) electrons. The monoisotopic (exact) mass is 176 g/mol. The van der Waals surface area contributed by atoms with E-state index in [9.17, 15) is 5.11 Å². The molecule has 72 valence electrons. The predicted molar refractivity (Wildman–Crippen MR) is 43.0 cm³/mol. The van der Waals surface area contributed by atoms with E-state index < -0.39 is 6.10 Å². The number of ether oxygens (including phenoxy) is 3. The lowest BCUT2D eigenvalue weighted by Gasteiger charge is -2.37. The molecule has 1 rings (SSSR count). The number of rotatable bonds is 2. The molecule has 1 heterocycles. The van der Waals surface area contributed by atoms with Crippen LogP contribution in [0.3, 0.4) is 0 Å². The molecule has 0 saturated carbocycles. The lowest BCUT2D eigenvalue weighted by Crippen LogP contribution is -2.53. The molecule has 4 atom stereocenters. The van der Waals surface area contributed by atoms with E-state index in [1.165, 1.54) is 0 Å². The summed E-state index contributed by atoms with van der Waals surface area (Å²) in [5, 5.41) is 9.67. The molecular formula is C8H16O4. The second-order valence-electron chi connectivity index (χ2n) is 3.00. The van der Waals surface area contributed by atoms with E-state index in [2.05, 4.69) is 0 Å². The van der Waals surface area contributed by atoms with Crippen molar-refractivity contribution < 1.29 is 19.3 Å². The van der Waals surface area contributed by atoms with Crippen molar-refractivity contribution in [1.82, 2.24) is 0 Å². The molecule has 0 aliphatic carbocycles. The molecule has 1 N–H and O–H groups in total. The van der Waals surface area contributed by atoms with Crippen molar-refractivity contribution in [2.75, 3.05) is 20.8 Å². The first-order chi connectivity index (χ1) is 5.70. The Morgan fingerprint density at radius 2 is 2.00 bits per heavy atom. The fourth-order valence-corrected chi connectivity index (χ4v) is 1.47. The van der Waals surface area contributed by atoms with Gasteiger partial charge in [-0.1, -0.05) is 0 Å². The molecule has 12 heavy (non-hydrogen) atoms. The summed E-state index contributed by atoms with van der Waals surface area (Å²) in [6.45, 7) is 2.31. The highest BCUT2D eigenvalue weighted by Crippen LogP contribution is 2.19. The molecule has 4 heteroatoms. The molecular weight excluding hydrogens is 160 g/mol. The molecule has 0 amide bonds. The highest BCUT2D eigenvalue weighted by atomic mass is 16.6. The van der Waals surface area contributed by atoms with Crippen molar-refractivity contribution in [3.05, 3.63) is 0 Å². The summed E-state index contributed by atoms with van der Waals surface area (Å²) in [5.74, 6) is 0. The summed E-state index contributed by atoms with van der Waals surface area (Å²) in [5.41, 5.74) is 0. The minimum atomic E-state index is -0.594. The average molecular weight is 176 g/mol. The van der Waals surface area contributed by atoms with Crippen molar-refractivity contribution in [3.8, 4) is 0 Å². The molecule has 0 aromatic rings. The smallest absolute Gasteiger partial charge is 0.111 e. The molecule has 0 bridgehead atoms. The molecule has 1 fully saturated rings. The maximum absolute atomic E-state index is 9.67. The van der Waals surface area contributed by atoms with Crippen LogP contribution in [0.1, 0.15) is 6.92 Å².